The first kappa shape index (κ1) is 14.1. The second-order valence-corrected chi connectivity index (χ2v) is 4.81. The monoisotopic (exact) mass is 274 g/mol. The van der Waals surface area contributed by atoms with Gasteiger partial charge >= 0.3 is 5.97 Å². The highest BCUT2D eigenvalue weighted by Gasteiger charge is 2.13. The molecule has 0 saturated carbocycles. The molecule has 2 aromatic rings. The van der Waals surface area contributed by atoms with E-state index in [1.807, 2.05) is 25.1 Å². The Balaban J connectivity index is 2.41. The Morgan fingerprint density at radius 1 is 1.40 bits per heavy atom. The molecule has 0 aliphatic carbocycles. The summed E-state index contributed by atoms with van der Waals surface area (Å²) in [6.45, 7) is 6.75. The first-order valence-corrected chi connectivity index (χ1v) is 6.58. The van der Waals surface area contributed by atoms with E-state index in [1.54, 1.807) is 0 Å². The van der Waals surface area contributed by atoms with Crippen LogP contribution in [0.5, 0.6) is 5.75 Å². The van der Waals surface area contributed by atoms with Crippen molar-refractivity contribution in [2.45, 2.75) is 26.7 Å². The zero-order chi connectivity index (χ0) is 14.7. The summed E-state index contributed by atoms with van der Waals surface area (Å²) in [6, 6.07) is 7.32. The Bertz CT molecular complexity index is 617. The van der Waals surface area contributed by atoms with Gasteiger partial charge in [-0.3, -0.25) is 5.10 Å². The normalized spacial score (nSPS) is 10.8. The lowest BCUT2D eigenvalue weighted by atomic mass is 9.98. The van der Waals surface area contributed by atoms with Crippen LogP contribution in [0.2, 0.25) is 0 Å². The van der Waals surface area contributed by atoms with Crippen molar-refractivity contribution in [3.05, 3.63) is 35.5 Å². The Morgan fingerprint density at radius 3 is 2.70 bits per heavy atom. The van der Waals surface area contributed by atoms with Crippen LogP contribution in [0.15, 0.2) is 24.3 Å². The van der Waals surface area contributed by atoms with Crippen LogP contribution in [0.25, 0.3) is 11.3 Å². The van der Waals surface area contributed by atoms with E-state index in [2.05, 4.69) is 24.0 Å². The molecule has 2 rings (SSSR count). The highest BCUT2D eigenvalue weighted by Crippen LogP contribution is 2.31. The molecule has 0 bridgehead atoms. The van der Waals surface area contributed by atoms with Crippen LogP contribution < -0.4 is 4.74 Å². The van der Waals surface area contributed by atoms with Crippen molar-refractivity contribution in [1.29, 1.82) is 0 Å². The van der Waals surface area contributed by atoms with Crippen LogP contribution in [0, 0.1) is 0 Å². The number of aromatic nitrogens is 2. The average molecular weight is 274 g/mol. The van der Waals surface area contributed by atoms with Crippen molar-refractivity contribution in [2.24, 2.45) is 0 Å². The number of carbonyl (C=O) groups is 1. The lowest BCUT2D eigenvalue weighted by Crippen LogP contribution is -1.98. The summed E-state index contributed by atoms with van der Waals surface area (Å²) in [4.78, 5) is 10.9. The molecule has 0 unspecified atom stereocenters. The van der Waals surface area contributed by atoms with E-state index in [-0.39, 0.29) is 5.69 Å². The molecule has 0 saturated heterocycles. The van der Waals surface area contributed by atoms with Gasteiger partial charge in [0.25, 0.3) is 0 Å². The minimum atomic E-state index is -1.02. The SMILES string of the molecule is CCOc1ccc(-c2cc(C(=O)O)[nH]n2)cc1C(C)C. The van der Waals surface area contributed by atoms with Crippen molar-refractivity contribution in [2.75, 3.05) is 6.61 Å². The van der Waals surface area contributed by atoms with Gasteiger partial charge in [0.1, 0.15) is 11.4 Å². The zero-order valence-corrected chi connectivity index (χ0v) is 11.8. The summed E-state index contributed by atoms with van der Waals surface area (Å²) in [5.41, 5.74) is 2.66. The minimum absolute atomic E-state index is 0.0833. The summed E-state index contributed by atoms with van der Waals surface area (Å²) in [5.74, 6) is 0.161. The van der Waals surface area contributed by atoms with Gasteiger partial charge in [-0.2, -0.15) is 5.10 Å². The molecule has 5 heteroatoms. The minimum Gasteiger partial charge on any atom is -0.494 e. The quantitative estimate of drug-likeness (QED) is 0.877. The first-order valence-electron chi connectivity index (χ1n) is 6.58. The number of aromatic amines is 1. The Hall–Kier alpha value is -2.30. The van der Waals surface area contributed by atoms with E-state index in [4.69, 9.17) is 9.84 Å². The summed E-state index contributed by atoms with van der Waals surface area (Å²) in [7, 11) is 0. The summed E-state index contributed by atoms with van der Waals surface area (Å²) >= 11 is 0. The van der Waals surface area contributed by atoms with Crippen molar-refractivity contribution < 1.29 is 14.6 Å². The lowest BCUT2D eigenvalue weighted by molar-refractivity contribution is 0.0690. The second-order valence-electron chi connectivity index (χ2n) is 4.81. The second kappa shape index (κ2) is 5.77. The number of hydrogen-bond donors (Lipinski definition) is 2. The van der Waals surface area contributed by atoms with Gasteiger partial charge in [0, 0.05) is 5.56 Å². The summed E-state index contributed by atoms with van der Waals surface area (Å²) < 4.78 is 5.61. The van der Waals surface area contributed by atoms with E-state index in [9.17, 15) is 4.79 Å². The number of rotatable bonds is 5. The van der Waals surface area contributed by atoms with Crippen LogP contribution in [-0.2, 0) is 0 Å². The largest absolute Gasteiger partial charge is 0.494 e. The molecule has 0 spiro atoms. The predicted octanol–water partition coefficient (Wildman–Crippen LogP) is 3.30. The molecule has 106 valence electrons. The number of ether oxygens (including phenoxy) is 1. The Morgan fingerprint density at radius 2 is 2.15 bits per heavy atom. The summed E-state index contributed by atoms with van der Waals surface area (Å²) in [5, 5.41) is 15.5. The van der Waals surface area contributed by atoms with Gasteiger partial charge in [-0.25, -0.2) is 4.79 Å². The summed E-state index contributed by atoms with van der Waals surface area (Å²) in [6.07, 6.45) is 0. The Kier molecular flexibility index (Phi) is 4.08. The third kappa shape index (κ3) is 2.82. The average Bonchev–Trinajstić information content (AvgIpc) is 2.89. The fourth-order valence-electron chi connectivity index (χ4n) is 2.03. The van der Waals surface area contributed by atoms with Gasteiger partial charge in [0.15, 0.2) is 0 Å². The number of carboxylic acids is 1. The first-order chi connectivity index (χ1) is 9.52. The number of aromatic carboxylic acids is 1. The van der Waals surface area contributed by atoms with E-state index >= 15 is 0 Å². The molecule has 0 aliphatic rings. The predicted molar refractivity (Wildman–Crippen MR) is 76.2 cm³/mol. The molecule has 0 fully saturated rings. The van der Waals surface area contributed by atoms with Crippen LogP contribution in [-0.4, -0.2) is 27.9 Å². The fraction of sp³-hybridized carbons (Fsp3) is 0.333. The molecule has 0 aliphatic heterocycles. The third-order valence-corrected chi connectivity index (χ3v) is 3.04. The van der Waals surface area contributed by atoms with Gasteiger partial charge < -0.3 is 9.84 Å². The third-order valence-electron chi connectivity index (χ3n) is 3.04. The van der Waals surface area contributed by atoms with Crippen LogP contribution in [0.1, 0.15) is 42.7 Å². The van der Waals surface area contributed by atoms with Crippen molar-refractivity contribution >= 4 is 5.97 Å². The van der Waals surface area contributed by atoms with Crippen LogP contribution in [0.4, 0.5) is 0 Å². The van der Waals surface area contributed by atoms with E-state index in [0.29, 0.717) is 18.2 Å². The van der Waals surface area contributed by atoms with Crippen molar-refractivity contribution in [1.82, 2.24) is 10.2 Å². The number of hydrogen-bond acceptors (Lipinski definition) is 3. The van der Waals surface area contributed by atoms with E-state index in [0.717, 1.165) is 16.9 Å². The smallest absolute Gasteiger partial charge is 0.353 e. The molecule has 20 heavy (non-hydrogen) atoms. The maximum atomic E-state index is 10.9. The van der Waals surface area contributed by atoms with Crippen LogP contribution >= 0.6 is 0 Å². The number of H-pyrrole nitrogens is 1. The van der Waals surface area contributed by atoms with Crippen molar-refractivity contribution in [3.8, 4) is 17.0 Å². The number of nitrogens with zero attached hydrogens (tertiary/aromatic N) is 1. The molecule has 5 nitrogen and oxygen atoms in total. The number of benzene rings is 1. The van der Waals surface area contributed by atoms with Crippen molar-refractivity contribution in [3.63, 3.8) is 0 Å². The van der Waals surface area contributed by atoms with Gasteiger partial charge in [-0.15, -0.1) is 0 Å². The van der Waals surface area contributed by atoms with E-state index in [1.165, 1.54) is 6.07 Å². The molecule has 0 amide bonds. The molecular weight excluding hydrogens is 256 g/mol. The topological polar surface area (TPSA) is 75.2 Å². The standard InChI is InChI=1S/C15H18N2O3/c1-4-20-14-6-5-10(7-11(14)9(2)3)12-8-13(15(18)19)17-16-12/h5-9H,4H2,1-3H3,(H,16,17)(H,18,19). The zero-order valence-electron chi connectivity index (χ0n) is 11.8. The van der Waals surface area contributed by atoms with E-state index < -0.39 is 5.97 Å². The van der Waals surface area contributed by atoms with Gasteiger partial charge in [-0.05, 0) is 42.7 Å². The molecular formula is C15H18N2O3. The molecule has 1 aromatic carbocycles. The number of carboxylic acid groups (broad SMARTS) is 1. The van der Waals surface area contributed by atoms with Gasteiger partial charge in [-0.1, -0.05) is 13.8 Å². The van der Waals surface area contributed by atoms with Gasteiger partial charge in [0.05, 0.1) is 12.3 Å². The van der Waals surface area contributed by atoms with Gasteiger partial charge in [0.2, 0.25) is 0 Å². The maximum absolute atomic E-state index is 10.9. The van der Waals surface area contributed by atoms with Crippen LogP contribution in [0.3, 0.4) is 0 Å². The fourth-order valence-corrected chi connectivity index (χ4v) is 2.03. The highest BCUT2D eigenvalue weighted by atomic mass is 16.5. The number of nitrogens with one attached hydrogen (secondary N) is 1. The highest BCUT2D eigenvalue weighted by molar-refractivity contribution is 5.86. The maximum Gasteiger partial charge on any atom is 0.353 e. The Labute approximate surface area is 117 Å². The molecule has 1 aromatic heterocycles. The lowest BCUT2D eigenvalue weighted by Gasteiger charge is -2.14. The molecule has 0 atom stereocenters. The molecule has 0 radical (unpaired) electrons. The molecule has 1 heterocycles. The molecule has 2 N–H and O–H groups in total.